The maximum Gasteiger partial charge on any atom is 0.306 e. The number of carbonyl (C=O) groups is 3. The van der Waals surface area contributed by atoms with Gasteiger partial charge in [-0.15, -0.1) is 0 Å². The molecule has 0 radical (unpaired) electrons. The molecule has 2 amide bonds. The van der Waals surface area contributed by atoms with E-state index in [4.69, 9.17) is 9.84 Å². The van der Waals surface area contributed by atoms with E-state index in [1.165, 1.54) is 7.11 Å². The van der Waals surface area contributed by atoms with Crippen molar-refractivity contribution in [2.24, 2.45) is 5.92 Å². The molecule has 0 aromatic heterocycles. The van der Waals surface area contributed by atoms with Crippen LogP contribution >= 0.6 is 0 Å². The first-order valence-electron chi connectivity index (χ1n) is 7.94. The van der Waals surface area contributed by atoms with Gasteiger partial charge in [0.2, 0.25) is 5.91 Å². The Morgan fingerprint density at radius 2 is 1.92 bits per heavy atom. The van der Waals surface area contributed by atoms with Crippen LogP contribution in [-0.4, -0.2) is 42.6 Å². The number of rotatable bonds is 6. The van der Waals surface area contributed by atoms with Crippen LogP contribution in [0.1, 0.15) is 36.0 Å². The third-order valence-corrected chi connectivity index (χ3v) is 4.18. The van der Waals surface area contributed by atoms with Crippen LogP contribution in [0.5, 0.6) is 5.75 Å². The second-order valence-electron chi connectivity index (χ2n) is 5.87. The maximum atomic E-state index is 12.0. The lowest BCUT2D eigenvalue weighted by atomic mass is 9.86. The second-order valence-corrected chi connectivity index (χ2v) is 5.87. The van der Waals surface area contributed by atoms with Crippen molar-refractivity contribution >= 4 is 17.8 Å². The molecule has 1 aromatic carbocycles. The van der Waals surface area contributed by atoms with E-state index in [9.17, 15) is 14.4 Å². The summed E-state index contributed by atoms with van der Waals surface area (Å²) in [5, 5.41) is 14.4. The summed E-state index contributed by atoms with van der Waals surface area (Å²) in [7, 11) is 1.52. The molecule has 0 unspecified atom stereocenters. The predicted octanol–water partition coefficient (Wildman–Crippen LogP) is 1.18. The lowest BCUT2D eigenvalue weighted by Gasteiger charge is -2.26. The minimum atomic E-state index is -0.773. The number of nitrogens with one attached hydrogen (secondary N) is 2. The van der Waals surface area contributed by atoms with Gasteiger partial charge in [0.05, 0.1) is 19.6 Å². The van der Waals surface area contributed by atoms with Crippen molar-refractivity contribution in [2.45, 2.75) is 31.7 Å². The van der Waals surface area contributed by atoms with Gasteiger partial charge in [0, 0.05) is 11.6 Å². The van der Waals surface area contributed by atoms with E-state index in [1.807, 2.05) is 0 Å². The molecule has 7 nitrogen and oxygen atoms in total. The Labute approximate surface area is 140 Å². The van der Waals surface area contributed by atoms with Gasteiger partial charge in [0.1, 0.15) is 5.75 Å². The Morgan fingerprint density at radius 1 is 1.21 bits per heavy atom. The highest BCUT2D eigenvalue weighted by atomic mass is 16.5. The molecule has 0 atom stereocenters. The number of hydrogen-bond donors (Lipinski definition) is 3. The number of carbonyl (C=O) groups excluding carboxylic acids is 2. The van der Waals surface area contributed by atoms with E-state index in [0.29, 0.717) is 37.0 Å². The number of aliphatic carboxylic acids is 1. The monoisotopic (exact) mass is 334 g/mol. The van der Waals surface area contributed by atoms with Gasteiger partial charge in [0.15, 0.2) is 0 Å². The van der Waals surface area contributed by atoms with Gasteiger partial charge in [-0.05, 0) is 43.9 Å². The molecular weight excluding hydrogens is 312 g/mol. The second kappa shape index (κ2) is 8.33. The van der Waals surface area contributed by atoms with Crippen molar-refractivity contribution in [1.82, 2.24) is 10.6 Å². The van der Waals surface area contributed by atoms with E-state index in [0.717, 1.165) is 0 Å². The van der Waals surface area contributed by atoms with Crippen molar-refractivity contribution in [3.8, 4) is 5.75 Å². The number of carboxylic acid groups (broad SMARTS) is 1. The highest BCUT2D eigenvalue weighted by Gasteiger charge is 2.26. The number of benzene rings is 1. The van der Waals surface area contributed by atoms with Gasteiger partial charge < -0.3 is 20.5 Å². The van der Waals surface area contributed by atoms with Crippen LogP contribution in [0, 0.1) is 5.92 Å². The molecule has 1 aromatic rings. The van der Waals surface area contributed by atoms with E-state index < -0.39 is 5.97 Å². The van der Waals surface area contributed by atoms with Crippen LogP contribution in [0.3, 0.4) is 0 Å². The van der Waals surface area contributed by atoms with Crippen molar-refractivity contribution < 1.29 is 24.2 Å². The summed E-state index contributed by atoms with van der Waals surface area (Å²) < 4.78 is 5.06. The Morgan fingerprint density at radius 3 is 2.54 bits per heavy atom. The molecule has 1 saturated carbocycles. The quantitative estimate of drug-likeness (QED) is 0.725. The zero-order valence-corrected chi connectivity index (χ0v) is 13.6. The van der Waals surface area contributed by atoms with E-state index in [2.05, 4.69) is 10.6 Å². The SMILES string of the molecule is COc1cccc(C(=O)NCC(=O)NC2CCC(C(=O)O)CC2)c1. The Hall–Kier alpha value is -2.57. The van der Waals surface area contributed by atoms with Crippen molar-refractivity contribution in [1.29, 1.82) is 0 Å². The molecule has 0 heterocycles. The average Bonchev–Trinajstić information content (AvgIpc) is 2.60. The van der Waals surface area contributed by atoms with Gasteiger partial charge in [-0.1, -0.05) is 6.07 Å². The number of carboxylic acids is 1. The van der Waals surface area contributed by atoms with Crippen molar-refractivity contribution in [3.05, 3.63) is 29.8 Å². The fourth-order valence-electron chi connectivity index (χ4n) is 2.79. The van der Waals surface area contributed by atoms with Crippen molar-refractivity contribution in [2.75, 3.05) is 13.7 Å². The van der Waals surface area contributed by atoms with Crippen LogP contribution in [0.2, 0.25) is 0 Å². The first-order valence-corrected chi connectivity index (χ1v) is 7.94. The standard InChI is InChI=1S/C17H22N2O5/c1-24-14-4-2-3-12(9-14)16(21)18-10-15(20)19-13-7-5-11(6-8-13)17(22)23/h2-4,9,11,13H,5-8,10H2,1H3,(H,18,21)(H,19,20)(H,22,23). The molecule has 1 fully saturated rings. The summed E-state index contributed by atoms with van der Waals surface area (Å²) in [6.45, 7) is -0.116. The minimum Gasteiger partial charge on any atom is -0.497 e. The Bertz CT molecular complexity index is 609. The molecule has 1 aliphatic rings. The first kappa shape index (κ1) is 17.8. The number of hydrogen-bond acceptors (Lipinski definition) is 4. The van der Waals surface area contributed by atoms with E-state index >= 15 is 0 Å². The van der Waals surface area contributed by atoms with Gasteiger partial charge >= 0.3 is 5.97 Å². The summed E-state index contributed by atoms with van der Waals surface area (Å²) in [6.07, 6.45) is 2.42. The van der Waals surface area contributed by atoms with E-state index in [1.54, 1.807) is 24.3 Å². The third kappa shape index (κ3) is 4.97. The third-order valence-electron chi connectivity index (χ3n) is 4.18. The molecule has 2 rings (SSSR count). The maximum absolute atomic E-state index is 12.0. The van der Waals surface area contributed by atoms with Crippen LogP contribution in [0.15, 0.2) is 24.3 Å². The number of amides is 2. The average molecular weight is 334 g/mol. The number of ether oxygens (including phenoxy) is 1. The molecule has 0 saturated heterocycles. The molecule has 3 N–H and O–H groups in total. The summed E-state index contributed by atoms with van der Waals surface area (Å²) >= 11 is 0. The summed E-state index contributed by atoms with van der Waals surface area (Å²) in [5.74, 6) is -1.14. The van der Waals surface area contributed by atoms with Crippen LogP contribution in [0.4, 0.5) is 0 Å². The molecular formula is C17H22N2O5. The summed E-state index contributed by atoms with van der Waals surface area (Å²) in [5.41, 5.74) is 0.420. The highest BCUT2D eigenvalue weighted by molar-refractivity contribution is 5.96. The molecule has 7 heteroatoms. The van der Waals surface area contributed by atoms with Gasteiger partial charge in [-0.3, -0.25) is 14.4 Å². The summed E-state index contributed by atoms with van der Waals surface area (Å²) in [4.78, 5) is 34.8. The molecule has 130 valence electrons. The van der Waals surface area contributed by atoms with Crippen LogP contribution < -0.4 is 15.4 Å². The van der Waals surface area contributed by atoms with Gasteiger partial charge in [0.25, 0.3) is 5.91 Å². The normalized spacial score (nSPS) is 20.0. The Balaban J connectivity index is 1.75. The zero-order valence-electron chi connectivity index (χ0n) is 13.6. The number of methoxy groups -OCH3 is 1. The fourth-order valence-corrected chi connectivity index (χ4v) is 2.79. The fraction of sp³-hybridized carbons (Fsp3) is 0.471. The molecule has 0 bridgehead atoms. The molecule has 24 heavy (non-hydrogen) atoms. The van der Waals surface area contributed by atoms with E-state index in [-0.39, 0.29) is 30.3 Å². The Kier molecular flexibility index (Phi) is 6.17. The zero-order chi connectivity index (χ0) is 17.5. The van der Waals surface area contributed by atoms with Gasteiger partial charge in [-0.2, -0.15) is 0 Å². The first-order chi connectivity index (χ1) is 11.5. The molecule has 0 aliphatic heterocycles. The summed E-state index contributed by atoms with van der Waals surface area (Å²) in [6, 6.07) is 6.65. The lowest BCUT2D eigenvalue weighted by molar-refractivity contribution is -0.142. The van der Waals surface area contributed by atoms with Crippen molar-refractivity contribution in [3.63, 3.8) is 0 Å². The predicted molar refractivity (Wildman–Crippen MR) is 86.9 cm³/mol. The topological polar surface area (TPSA) is 105 Å². The van der Waals surface area contributed by atoms with Crippen LogP contribution in [0.25, 0.3) is 0 Å². The van der Waals surface area contributed by atoms with Crippen LogP contribution in [-0.2, 0) is 9.59 Å². The minimum absolute atomic E-state index is 0.0261. The molecule has 1 aliphatic carbocycles. The highest BCUT2D eigenvalue weighted by Crippen LogP contribution is 2.24. The molecule has 0 spiro atoms. The smallest absolute Gasteiger partial charge is 0.306 e. The largest absolute Gasteiger partial charge is 0.497 e. The van der Waals surface area contributed by atoms with Gasteiger partial charge in [-0.25, -0.2) is 0 Å². The lowest BCUT2D eigenvalue weighted by Crippen LogP contribution is -2.43.